The molecule has 1 rings (SSSR count). The summed E-state index contributed by atoms with van der Waals surface area (Å²) in [7, 11) is 0. The molecule has 0 saturated carbocycles. The van der Waals surface area contributed by atoms with Crippen molar-refractivity contribution in [3.8, 4) is 0 Å². The number of nitrogens with one attached hydrogen (secondary N) is 1. The second-order valence-electron chi connectivity index (χ2n) is 4.69. The second kappa shape index (κ2) is 8.79. The lowest BCUT2D eigenvalue weighted by atomic mass is 10.0. The maximum atomic E-state index is 6.22. The molecule has 1 nitrogen and oxygen atoms in total. The third-order valence-electron chi connectivity index (χ3n) is 3.12. The fraction of sp³-hybridized carbons (Fsp3) is 0.600. The normalized spacial score (nSPS) is 12.7. The fourth-order valence-corrected chi connectivity index (χ4v) is 2.56. The first-order valence-corrected chi connectivity index (χ1v) is 7.60. The van der Waals surface area contributed by atoms with Crippen LogP contribution in [-0.4, -0.2) is 12.6 Å². The predicted octanol–water partition coefficient (Wildman–Crippen LogP) is 5.09. The molecule has 1 unspecified atom stereocenters. The molecule has 3 heteroatoms. The van der Waals surface area contributed by atoms with Crippen LogP contribution in [0, 0.1) is 0 Å². The standard InChI is InChI=1S/C15H23Cl2N/c1-3-5-6-7-14(18-4-2)11-12-10-13(16)8-9-15(12)17/h8-10,14,18H,3-7,11H2,1-2H3. The van der Waals surface area contributed by atoms with Gasteiger partial charge in [0.25, 0.3) is 0 Å². The first-order chi connectivity index (χ1) is 8.67. The van der Waals surface area contributed by atoms with Crippen LogP contribution in [0.2, 0.25) is 10.0 Å². The molecule has 18 heavy (non-hydrogen) atoms. The van der Waals surface area contributed by atoms with Crippen molar-refractivity contribution in [2.75, 3.05) is 6.54 Å². The summed E-state index contributed by atoms with van der Waals surface area (Å²) in [5, 5.41) is 5.11. The zero-order chi connectivity index (χ0) is 13.4. The average Bonchev–Trinajstić information content (AvgIpc) is 2.34. The molecule has 0 aliphatic rings. The van der Waals surface area contributed by atoms with E-state index in [0.717, 1.165) is 28.6 Å². The molecule has 0 aromatic heterocycles. The molecule has 0 fully saturated rings. The molecule has 0 saturated heterocycles. The van der Waals surface area contributed by atoms with Gasteiger partial charge in [-0.3, -0.25) is 0 Å². The number of hydrogen-bond donors (Lipinski definition) is 1. The van der Waals surface area contributed by atoms with E-state index in [0.29, 0.717) is 6.04 Å². The first kappa shape index (κ1) is 15.8. The van der Waals surface area contributed by atoms with E-state index in [4.69, 9.17) is 23.2 Å². The Balaban J connectivity index is 2.60. The van der Waals surface area contributed by atoms with Crippen LogP contribution >= 0.6 is 23.2 Å². The van der Waals surface area contributed by atoms with Gasteiger partial charge in [0.1, 0.15) is 0 Å². The van der Waals surface area contributed by atoms with Crippen molar-refractivity contribution in [1.29, 1.82) is 0 Å². The van der Waals surface area contributed by atoms with Gasteiger partial charge in [-0.1, -0.05) is 56.3 Å². The van der Waals surface area contributed by atoms with Gasteiger partial charge in [-0.25, -0.2) is 0 Å². The van der Waals surface area contributed by atoms with Crippen LogP contribution in [0.1, 0.15) is 45.1 Å². The Bertz CT molecular complexity index is 352. The average molecular weight is 288 g/mol. The van der Waals surface area contributed by atoms with Gasteiger partial charge in [0.05, 0.1) is 0 Å². The smallest absolute Gasteiger partial charge is 0.0439 e. The lowest BCUT2D eigenvalue weighted by Gasteiger charge is -2.18. The molecule has 1 N–H and O–H groups in total. The van der Waals surface area contributed by atoms with E-state index >= 15 is 0 Å². The summed E-state index contributed by atoms with van der Waals surface area (Å²) in [6.45, 7) is 5.37. The molecule has 0 radical (unpaired) electrons. The van der Waals surface area contributed by atoms with E-state index in [-0.39, 0.29) is 0 Å². The maximum absolute atomic E-state index is 6.22. The molecule has 0 aliphatic heterocycles. The van der Waals surface area contributed by atoms with E-state index in [2.05, 4.69) is 19.2 Å². The number of likely N-dealkylation sites (N-methyl/N-ethyl adjacent to an activating group) is 1. The SMILES string of the molecule is CCCCCC(Cc1cc(Cl)ccc1Cl)NCC. The van der Waals surface area contributed by atoms with Crippen LogP contribution in [0.5, 0.6) is 0 Å². The summed E-state index contributed by atoms with van der Waals surface area (Å²) in [5.41, 5.74) is 1.15. The Hall–Kier alpha value is -0.240. The maximum Gasteiger partial charge on any atom is 0.0439 e. The molecule has 1 atom stereocenters. The number of rotatable bonds is 8. The van der Waals surface area contributed by atoms with Crippen LogP contribution in [0.3, 0.4) is 0 Å². The summed E-state index contributed by atoms with van der Waals surface area (Å²) >= 11 is 12.2. The van der Waals surface area contributed by atoms with E-state index in [1.165, 1.54) is 25.7 Å². The molecular formula is C15H23Cl2N. The highest BCUT2D eigenvalue weighted by molar-refractivity contribution is 6.33. The van der Waals surface area contributed by atoms with E-state index in [1.807, 2.05) is 18.2 Å². The third-order valence-corrected chi connectivity index (χ3v) is 3.73. The Morgan fingerprint density at radius 1 is 1.17 bits per heavy atom. The van der Waals surface area contributed by atoms with Crippen LogP contribution in [0.25, 0.3) is 0 Å². The summed E-state index contributed by atoms with van der Waals surface area (Å²) in [5.74, 6) is 0. The Morgan fingerprint density at radius 3 is 2.61 bits per heavy atom. The molecule has 0 bridgehead atoms. The monoisotopic (exact) mass is 287 g/mol. The van der Waals surface area contributed by atoms with E-state index in [1.54, 1.807) is 0 Å². The van der Waals surface area contributed by atoms with Crippen molar-refractivity contribution in [2.24, 2.45) is 0 Å². The molecular weight excluding hydrogens is 265 g/mol. The van der Waals surface area contributed by atoms with Gasteiger partial charge < -0.3 is 5.32 Å². The molecule has 0 aliphatic carbocycles. The minimum Gasteiger partial charge on any atom is -0.314 e. The largest absolute Gasteiger partial charge is 0.314 e. The van der Waals surface area contributed by atoms with Crippen molar-refractivity contribution >= 4 is 23.2 Å². The molecule has 102 valence electrons. The lowest BCUT2D eigenvalue weighted by molar-refractivity contribution is 0.467. The minimum absolute atomic E-state index is 0.498. The molecule has 0 heterocycles. The van der Waals surface area contributed by atoms with Crippen molar-refractivity contribution in [3.05, 3.63) is 33.8 Å². The molecule has 0 spiro atoms. The summed E-state index contributed by atoms with van der Waals surface area (Å²) in [6, 6.07) is 6.20. The van der Waals surface area contributed by atoms with Gasteiger partial charge in [0, 0.05) is 16.1 Å². The predicted molar refractivity (Wildman–Crippen MR) is 81.8 cm³/mol. The Kier molecular flexibility index (Phi) is 7.73. The van der Waals surface area contributed by atoms with Crippen LogP contribution in [0.15, 0.2) is 18.2 Å². The Labute approximate surface area is 121 Å². The number of hydrogen-bond acceptors (Lipinski definition) is 1. The number of unbranched alkanes of at least 4 members (excludes halogenated alkanes) is 2. The van der Waals surface area contributed by atoms with Gasteiger partial charge in [-0.05, 0) is 43.1 Å². The Morgan fingerprint density at radius 2 is 1.94 bits per heavy atom. The summed E-state index contributed by atoms with van der Waals surface area (Å²) in [6.07, 6.45) is 5.98. The van der Waals surface area contributed by atoms with Crippen molar-refractivity contribution in [3.63, 3.8) is 0 Å². The molecule has 0 amide bonds. The highest BCUT2D eigenvalue weighted by atomic mass is 35.5. The van der Waals surface area contributed by atoms with Crippen LogP contribution in [0.4, 0.5) is 0 Å². The zero-order valence-corrected chi connectivity index (χ0v) is 12.8. The van der Waals surface area contributed by atoms with Gasteiger partial charge in [0.2, 0.25) is 0 Å². The van der Waals surface area contributed by atoms with Gasteiger partial charge >= 0.3 is 0 Å². The van der Waals surface area contributed by atoms with Gasteiger partial charge in [0.15, 0.2) is 0 Å². The van der Waals surface area contributed by atoms with Crippen molar-refractivity contribution < 1.29 is 0 Å². The fourth-order valence-electron chi connectivity index (χ4n) is 2.17. The third kappa shape index (κ3) is 5.60. The summed E-state index contributed by atoms with van der Waals surface area (Å²) in [4.78, 5) is 0. The summed E-state index contributed by atoms with van der Waals surface area (Å²) < 4.78 is 0. The first-order valence-electron chi connectivity index (χ1n) is 6.84. The second-order valence-corrected chi connectivity index (χ2v) is 5.53. The quantitative estimate of drug-likeness (QED) is 0.657. The number of benzene rings is 1. The van der Waals surface area contributed by atoms with E-state index in [9.17, 15) is 0 Å². The zero-order valence-electron chi connectivity index (χ0n) is 11.3. The van der Waals surface area contributed by atoms with Crippen LogP contribution < -0.4 is 5.32 Å². The minimum atomic E-state index is 0.498. The topological polar surface area (TPSA) is 12.0 Å². The highest BCUT2D eigenvalue weighted by Gasteiger charge is 2.10. The van der Waals surface area contributed by atoms with Crippen molar-refractivity contribution in [1.82, 2.24) is 5.32 Å². The molecule has 1 aromatic carbocycles. The lowest BCUT2D eigenvalue weighted by Crippen LogP contribution is -2.31. The highest BCUT2D eigenvalue weighted by Crippen LogP contribution is 2.23. The molecule has 1 aromatic rings. The van der Waals surface area contributed by atoms with Crippen LogP contribution in [-0.2, 0) is 6.42 Å². The van der Waals surface area contributed by atoms with Crippen molar-refractivity contribution in [2.45, 2.75) is 52.0 Å². The van der Waals surface area contributed by atoms with E-state index < -0.39 is 0 Å². The van der Waals surface area contributed by atoms with Gasteiger partial charge in [-0.2, -0.15) is 0 Å². The van der Waals surface area contributed by atoms with Gasteiger partial charge in [-0.15, -0.1) is 0 Å². The number of halogens is 2.